The molecule has 0 amide bonds. The third-order valence-corrected chi connectivity index (χ3v) is 3.77. The molecular formula is C13H15BrN2S. The van der Waals surface area contributed by atoms with E-state index in [1.165, 1.54) is 5.56 Å². The highest BCUT2D eigenvalue weighted by Crippen LogP contribution is 2.23. The summed E-state index contributed by atoms with van der Waals surface area (Å²) in [6.07, 6.45) is 1.16. The Morgan fingerprint density at radius 1 is 1.29 bits per heavy atom. The Hall–Kier alpha value is -0.710. The maximum Gasteiger partial charge on any atom is 0.107 e. The molecule has 0 saturated heterocycles. The highest BCUT2D eigenvalue weighted by Gasteiger charge is 2.03. The van der Waals surface area contributed by atoms with E-state index in [1.54, 1.807) is 11.3 Å². The highest BCUT2D eigenvalue weighted by molar-refractivity contribution is 9.10. The van der Waals surface area contributed by atoms with Gasteiger partial charge < -0.3 is 5.32 Å². The third-order valence-electron chi connectivity index (χ3n) is 2.39. The molecule has 0 saturated carbocycles. The lowest BCUT2D eigenvalue weighted by Crippen LogP contribution is -2.13. The minimum absolute atomic E-state index is 0.870. The summed E-state index contributed by atoms with van der Waals surface area (Å²) < 4.78 is 1.10. The number of benzene rings is 1. The van der Waals surface area contributed by atoms with Gasteiger partial charge in [0.1, 0.15) is 5.01 Å². The molecule has 1 aromatic carbocycles. The second-order valence-corrected chi connectivity index (χ2v) is 5.67. The fraction of sp³-hybridized carbons (Fsp3) is 0.308. The van der Waals surface area contributed by atoms with Gasteiger partial charge in [-0.25, -0.2) is 4.98 Å². The molecule has 1 aromatic heterocycles. The van der Waals surface area contributed by atoms with Crippen LogP contribution in [-0.4, -0.2) is 11.5 Å². The molecule has 0 unspecified atom stereocenters. The molecule has 2 rings (SSSR count). The number of rotatable bonds is 5. The van der Waals surface area contributed by atoms with Gasteiger partial charge in [-0.2, -0.15) is 0 Å². The van der Waals surface area contributed by atoms with Crippen molar-refractivity contribution in [2.24, 2.45) is 0 Å². The zero-order valence-corrected chi connectivity index (χ0v) is 12.1. The van der Waals surface area contributed by atoms with Gasteiger partial charge in [-0.15, -0.1) is 11.3 Å². The van der Waals surface area contributed by atoms with E-state index in [0.717, 1.165) is 34.7 Å². The average Bonchev–Trinajstić information content (AvgIpc) is 2.79. The van der Waals surface area contributed by atoms with Crippen molar-refractivity contribution in [3.63, 3.8) is 0 Å². The van der Waals surface area contributed by atoms with Gasteiger partial charge in [0, 0.05) is 22.0 Å². The smallest absolute Gasteiger partial charge is 0.107 e. The van der Waals surface area contributed by atoms with Crippen molar-refractivity contribution in [3.05, 3.63) is 39.1 Å². The normalized spacial score (nSPS) is 10.7. The second kappa shape index (κ2) is 6.28. The third kappa shape index (κ3) is 3.63. The number of nitrogens with one attached hydrogen (secondary N) is 1. The molecule has 0 fully saturated rings. The van der Waals surface area contributed by atoms with Crippen LogP contribution in [-0.2, 0) is 6.54 Å². The summed E-state index contributed by atoms with van der Waals surface area (Å²) in [4.78, 5) is 4.62. The van der Waals surface area contributed by atoms with E-state index in [1.807, 2.05) is 12.1 Å². The fourth-order valence-electron chi connectivity index (χ4n) is 1.52. The first kappa shape index (κ1) is 12.7. The fourth-order valence-corrected chi connectivity index (χ4v) is 2.55. The summed E-state index contributed by atoms with van der Waals surface area (Å²) in [5.41, 5.74) is 2.24. The molecule has 4 heteroatoms. The number of hydrogen-bond donors (Lipinski definition) is 1. The van der Waals surface area contributed by atoms with Crippen LogP contribution < -0.4 is 5.32 Å². The van der Waals surface area contributed by atoms with E-state index in [-0.39, 0.29) is 0 Å². The molecule has 0 radical (unpaired) electrons. The molecule has 0 spiro atoms. The number of nitrogens with zero attached hydrogens (tertiary/aromatic N) is 1. The predicted molar refractivity (Wildman–Crippen MR) is 77.2 cm³/mol. The first-order chi connectivity index (χ1) is 8.29. The van der Waals surface area contributed by atoms with E-state index in [9.17, 15) is 0 Å². The van der Waals surface area contributed by atoms with Gasteiger partial charge in [-0.05, 0) is 25.1 Å². The van der Waals surface area contributed by atoms with Crippen molar-refractivity contribution in [2.75, 3.05) is 6.54 Å². The number of halogens is 1. The predicted octanol–water partition coefficient (Wildman–Crippen LogP) is 4.07. The van der Waals surface area contributed by atoms with Crippen LogP contribution in [0.3, 0.4) is 0 Å². The van der Waals surface area contributed by atoms with Crippen molar-refractivity contribution in [2.45, 2.75) is 19.9 Å². The molecule has 0 aliphatic carbocycles. The number of hydrogen-bond acceptors (Lipinski definition) is 3. The van der Waals surface area contributed by atoms with E-state index >= 15 is 0 Å². The van der Waals surface area contributed by atoms with Crippen LogP contribution in [0.1, 0.15) is 18.4 Å². The van der Waals surface area contributed by atoms with Gasteiger partial charge in [-0.1, -0.05) is 35.0 Å². The standard InChI is InChI=1S/C13H15BrN2S/c1-2-7-15-8-13-16-12(9-17-13)10-3-5-11(14)6-4-10/h3-6,9,15H,2,7-8H2,1H3. The number of thiazole rings is 1. The lowest BCUT2D eigenvalue weighted by atomic mass is 10.2. The topological polar surface area (TPSA) is 24.9 Å². The zero-order chi connectivity index (χ0) is 12.1. The van der Waals surface area contributed by atoms with Gasteiger partial charge in [0.2, 0.25) is 0 Å². The monoisotopic (exact) mass is 310 g/mol. The number of aromatic nitrogens is 1. The largest absolute Gasteiger partial charge is 0.310 e. The molecule has 0 aliphatic heterocycles. The van der Waals surface area contributed by atoms with Crippen molar-refractivity contribution >= 4 is 27.3 Å². The maximum atomic E-state index is 4.62. The summed E-state index contributed by atoms with van der Waals surface area (Å²) in [5.74, 6) is 0. The van der Waals surface area contributed by atoms with Gasteiger partial charge in [0.15, 0.2) is 0 Å². The molecule has 2 aromatic rings. The Bertz CT molecular complexity index is 465. The summed E-state index contributed by atoms with van der Waals surface area (Å²) in [7, 11) is 0. The van der Waals surface area contributed by atoms with Gasteiger partial charge in [-0.3, -0.25) is 0 Å². The summed E-state index contributed by atoms with van der Waals surface area (Å²) >= 11 is 5.15. The van der Waals surface area contributed by atoms with E-state index in [0.29, 0.717) is 0 Å². The molecular weight excluding hydrogens is 296 g/mol. The molecule has 0 aliphatic rings. The van der Waals surface area contributed by atoms with Crippen molar-refractivity contribution < 1.29 is 0 Å². The molecule has 17 heavy (non-hydrogen) atoms. The van der Waals surface area contributed by atoms with Crippen molar-refractivity contribution in [3.8, 4) is 11.3 Å². The lowest BCUT2D eigenvalue weighted by molar-refractivity contribution is 0.673. The summed E-state index contributed by atoms with van der Waals surface area (Å²) in [6.45, 7) is 4.09. The van der Waals surface area contributed by atoms with Crippen LogP contribution in [0, 0.1) is 0 Å². The Labute approximate surface area is 114 Å². The molecule has 1 heterocycles. The van der Waals surface area contributed by atoms with Crippen LogP contribution >= 0.6 is 27.3 Å². The first-order valence-electron chi connectivity index (χ1n) is 5.70. The SMILES string of the molecule is CCCNCc1nc(-c2ccc(Br)cc2)cs1. The van der Waals surface area contributed by atoms with Crippen LogP contribution in [0.15, 0.2) is 34.1 Å². The molecule has 0 bridgehead atoms. The Morgan fingerprint density at radius 2 is 2.06 bits per heavy atom. The first-order valence-corrected chi connectivity index (χ1v) is 7.38. The van der Waals surface area contributed by atoms with Crippen LogP contribution in [0.5, 0.6) is 0 Å². The molecule has 0 atom stereocenters. The van der Waals surface area contributed by atoms with E-state index < -0.39 is 0 Å². The zero-order valence-electron chi connectivity index (χ0n) is 9.74. The quantitative estimate of drug-likeness (QED) is 0.842. The van der Waals surface area contributed by atoms with E-state index in [2.05, 4.69) is 50.7 Å². The van der Waals surface area contributed by atoms with Crippen molar-refractivity contribution in [1.82, 2.24) is 10.3 Å². The summed E-state index contributed by atoms with van der Waals surface area (Å²) in [6, 6.07) is 8.26. The Kier molecular flexibility index (Phi) is 4.71. The minimum Gasteiger partial charge on any atom is -0.310 e. The molecule has 1 N–H and O–H groups in total. The lowest BCUT2D eigenvalue weighted by Gasteiger charge is -1.98. The van der Waals surface area contributed by atoms with Gasteiger partial charge >= 0.3 is 0 Å². The molecule has 90 valence electrons. The molecule has 2 nitrogen and oxygen atoms in total. The Morgan fingerprint density at radius 3 is 2.76 bits per heavy atom. The highest BCUT2D eigenvalue weighted by atomic mass is 79.9. The van der Waals surface area contributed by atoms with Gasteiger partial charge in [0.05, 0.1) is 5.69 Å². The Balaban J connectivity index is 2.04. The second-order valence-electron chi connectivity index (χ2n) is 3.81. The van der Waals surface area contributed by atoms with Crippen LogP contribution in [0.4, 0.5) is 0 Å². The summed E-state index contributed by atoms with van der Waals surface area (Å²) in [5, 5.41) is 6.63. The van der Waals surface area contributed by atoms with E-state index in [4.69, 9.17) is 0 Å². The van der Waals surface area contributed by atoms with Crippen LogP contribution in [0.2, 0.25) is 0 Å². The van der Waals surface area contributed by atoms with Crippen LogP contribution in [0.25, 0.3) is 11.3 Å². The van der Waals surface area contributed by atoms with Crippen molar-refractivity contribution in [1.29, 1.82) is 0 Å². The maximum absolute atomic E-state index is 4.62. The van der Waals surface area contributed by atoms with Gasteiger partial charge in [0.25, 0.3) is 0 Å². The minimum atomic E-state index is 0.870. The average molecular weight is 311 g/mol.